The van der Waals surface area contributed by atoms with Crippen LogP contribution >= 0.6 is 46.4 Å². The van der Waals surface area contributed by atoms with E-state index in [0.717, 1.165) is 35.3 Å². The first-order chi connectivity index (χ1) is 22.8. The zero-order valence-corrected chi connectivity index (χ0v) is 30.3. The number of benzene rings is 3. The Hall–Kier alpha value is -3.30. The van der Waals surface area contributed by atoms with Gasteiger partial charge in [0.2, 0.25) is 0 Å². The number of carbonyl (C=O) groups is 1. The van der Waals surface area contributed by atoms with Gasteiger partial charge in [-0.1, -0.05) is 89.2 Å². The van der Waals surface area contributed by atoms with Crippen LogP contribution in [0.25, 0.3) is 23.0 Å². The third-order valence-electron chi connectivity index (χ3n) is 7.84. The summed E-state index contributed by atoms with van der Waals surface area (Å²) in [5.41, 5.74) is 5.28. The van der Waals surface area contributed by atoms with Crippen molar-refractivity contribution in [2.45, 2.75) is 65.0 Å². The van der Waals surface area contributed by atoms with E-state index in [4.69, 9.17) is 56.6 Å². The number of hydrogen-bond acceptors (Lipinski definition) is 6. The molecule has 1 saturated carbocycles. The summed E-state index contributed by atoms with van der Waals surface area (Å²) >= 11 is 26.1. The number of nitrogens with zero attached hydrogens (tertiary/aromatic N) is 1. The Kier molecular flexibility index (Phi) is 13.2. The molecule has 0 unspecified atom stereocenters. The van der Waals surface area contributed by atoms with Crippen LogP contribution in [0.15, 0.2) is 66.7 Å². The first-order valence-electron chi connectivity index (χ1n) is 15.7. The van der Waals surface area contributed by atoms with Crippen LogP contribution in [-0.4, -0.2) is 33.8 Å². The Balaban J connectivity index is 0.000000569. The van der Waals surface area contributed by atoms with E-state index in [1.165, 1.54) is 0 Å². The SMILES string of the molecule is CCC(C)=c1c(Cl)cc(C(=O)NCCc2cc(C(C)(C)O)c(Cl)c(-c3cccc(Cl)c3Cl)n2)c/c1=C/NC1CC1.ONc1ccccc1. The Labute approximate surface area is 301 Å². The molecule has 7 nitrogen and oxygen atoms in total. The topological polar surface area (TPSA) is 107 Å². The van der Waals surface area contributed by atoms with Crippen molar-refractivity contribution in [3.8, 4) is 11.3 Å². The van der Waals surface area contributed by atoms with Gasteiger partial charge < -0.3 is 15.7 Å². The van der Waals surface area contributed by atoms with E-state index in [9.17, 15) is 9.90 Å². The summed E-state index contributed by atoms with van der Waals surface area (Å²) in [7, 11) is 0. The van der Waals surface area contributed by atoms with Crippen molar-refractivity contribution in [3.05, 3.63) is 114 Å². The quantitative estimate of drug-likeness (QED) is 0.106. The number of nitrogens with one attached hydrogen (secondary N) is 3. The molecule has 254 valence electrons. The third kappa shape index (κ3) is 9.88. The molecule has 1 aliphatic carbocycles. The highest BCUT2D eigenvalue weighted by Crippen LogP contribution is 2.40. The minimum absolute atomic E-state index is 0.238. The van der Waals surface area contributed by atoms with Crippen LogP contribution in [-0.2, 0) is 12.0 Å². The lowest BCUT2D eigenvalue weighted by atomic mass is 9.95. The van der Waals surface area contributed by atoms with Crippen LogP contribution in [0.1, 0.15) is 68.6 Å². The molecule has 0 spiro atoms. The number of para-hydroxylation sites is 1. The molecule has 4 aromatic rings. The Morgan fingerprint density at radius 2 is 1.69 bits per heavy atom. The van der Waals surface area contributed by atoms with Crippen molar-refractivity contribution < 1.29 is 15.1 Å². The fraction of sp³-hybridized carbons (Fsp3) is 0.297. The summed E-state index contributed by atoms with van der Waals surface area (Å²) in [6, 6.07) is 20.2. The van der Waals surface area contributed by atoms with Crippen molar-refractivity contribution in [1.29, 1.82) is 0 Å². The first kappa shape index (κ1) is 37.5. The molecule has 1 amide bonds. The number of pyridine rings is 1. The number of hydrogen-bond donors (Lipinski definition) is 5. The van der Waals surface area contributed by atoms with Gasteiger partial charge in [-0.25, -0.2) is 0 Å². The highest BCUT2D eigenvalue weighted by atomic mass is 35.5. The Morgan fingerprint density at radius 3 is 2.29 bits per heavy atom. The summed E-state index contributed by atoms with van der Waals surface area (Å²) < 4.78 is 0. The van der Waals surface area contributed by atoms with Crippen LogP contribution in [0.4, 0.5) is 5.69 Å². The summed E-state index contributed by atoms with van der Waals surface area (Å²) in [4.78, 5) is 17.9. The van der Waals surface area contributed by atoms with Crippen LogP contribution in [0.5, 0.6) is 0 Å². The van der Waals surface area contributed by atoms with Crippen LogP contribution in [0.3, 0.4) is 0 Å². The van der Waals surface area contributed by atoms with Gasteiger partial charge in [-0.3, -0.25) is 20.5 Å². The van der Waals surface area contributed by atoms with E-state index in [2.05, 4.69) is 24.5 Å². The zero-order valence-electron chi connectivity index (χ0n) is 27.3. The summed E-state index contributed by atoms with van der Waals surface area (Å²) in [6.07, 6.45) is 5.52. The maximum atomic E-state index is 13.2. The highest BCUT2D eigenvalue weighted by molar-refractivity contribution is 6.44. The molecule has 0 radical (unpaired) electrons. The monoisotopic (exact) mass is 728 g/mol. The van der Waals surface area contributed by atoms with E-state index in [-0.39, 0.29) is 5.91 Å². The minimum Gasteiger partial charge on any atom is -0.388 e. The smallest absolute Gasteiger partial charge is 0.251 e. The zero-order chi connectivity index (χ0) is 35.0. The predicted octanol–water partition coefficient (Wildman–Crippen LogP) is 8.12. The number of anilines is 1. The molecule has 0 bridgehead atoms. The fourth-order valence-corrected chi connectivity index (χ4v) is 6.11. The van der Waals surface area contributed by atoms with Gasteiger partial charge in [0.1, 0.15) is 0 Å². The van der Waals surface area contributed by atoms with Crippen molar-refractivity contribution in [2.75, 3.05) is 12.0 Å². The molecule has 5 N–H and O–H groups in total. The second-order valence-electron chi connectivity index (χ2n) is 12.1. The molecule has 0 atom stereocenters. The summed E-state index contributed by atoms with van der Waals surface area (Å²) in [5.74, 6) is -0.238. The average molecular weight is 731 g/mol. The van der Waals surface area contributed by atoms with Gasteiger partial charge in [0.05, 0.1) is 32.1 Å². The number of carbonyl (C=O) groups excluding carboxylic acids is 1. The van der Waals surface area contributed by atoms with Gasteiger partial charge in [-0.15, -0.1) is 0 Å². The minimum atomic E-state index is -1.23. The molecule has 11 heteroatoms. The molecule has 1 heterocycles. The molecular weight excluding hydrogens is 690 g/mol. The number of rotatable bonds is 10. The second-order valence-corrected chi connectivity index (χ2v) is 13.7. The number of aliphatic hydroxyl groups is 1. The van der Waals surface area contributed by atoms with Crippen molar-refractivity contribution in [2.24, 2.45) is 0 Å². The van der Waals surface area contributed by atoms with Crippen LogP contribution in [0, 0.1) is 0 Å². The molecule has 1 aliphatic rings. The maximum absolute atomic E-state index is 13.2. The Bertz CT molecular complexity index is 1870. The fourth-order valence-electron chi connectivity index (χ4n) is 4.90. The number of halogens is 4. The highest BCUT2D eigenvalue weighted by Gasteiger charge is 2.25. The lowest BCUT2D eigenvalue weighted by Crippen LogP contribution is -2.34. The van der Waals surface area contributed by atoms with Crippen molar-refractivity contribution >= 4 is 69.8 Å². The number of amides is 1. The van der Waals surface area contributed by atoms with Gasteiger partial charge in [-0.05, 0) is 81.7 Å². The van der Waals surface area contributed by atoms with Crippen molar-refractivity contribution in [3.63, 3.8) is 0 Å². The maximum Gasteiger partial charge on any atom is 0.251 e. The van der Waals surface area contributed by atoms with Gasteiger partial charge >= 0.3 is 0 Å². The van der Waals surface area contributed by atoms with Crippen molar-refractivity contribution in [1.82, 2.24) is 15.6 Å². The lowest BCUT2D eigenvalue weighted by Gasteiger charge is -2.22. The lowest BCUT2D eigenvalue weighted by molar-refractivity contribution is 0.0785. The van der Waals surface area contributed by atoms with Crippen LogP contribution in [0.2, 0.25) is 20.1 Å². The van der Waals surface area contributed by atoms with E-state index in [0.29, 0.717) is 72.9 Å². The molecule has 0 saturated heterocycles. The molecule has 5 rings (SSSR count). The molecule has 3 aromatic carbocycles. The van der Waals surface area contributed by atoms with Gasteiger partial charge in [0.25, 0.3) is 5.91 Å². The molecule has 48 heavy (non-hydrogen) atoms. The standard InChI is InChI=1S/C31H33Cl4N3O2.C6H7NO/c1-5-17(2)26-19(16-37-20-9-10-20)13-18(14-25(26)33)30(39)36-12-11-21-15-23(31(3,4)40)28(35)29(38-21)22-7-6-8-24(32)27(22)34;8-7-6-4-2-1-3-5-6/h6-8,13-16,20,37,40H,5,9-12H2,1-4H3,(H,36,39);1-5,7-8H/b19-16-,26-17?;. The van der Waals surface area contributed by atoms with E-state index >= 15 is 0 Å². The van der Waals surface area contributed by atoms with Gasteiger partial charge in [-0.2, -0.15) is 0 Å². The largest absolute Gasteiger partial charge is 0.388 e. The van der Waals surface area contributed by atoms with E-state index in [1.54, 1.807) is 56.3 Å². The molecule has 1 fully saturated rings. The van der Waals surface area contributed by atoms with E-state index < -0.39 is 5.60 Å². The first-order valence-corrected chi connectivity index (χ1v) is 17.2. The third-order valence-corrected chi connectivity index (χ3v) is 9.34. The molecule has 1 aromatic heterocycles. The van der Waals surface area contributed by atoms with Gasteiger partial charge in [0, 0.05) is 57.8 Å². The van der Waals surface area contributed by atoms with Crippen LogP contribution < -0.4 is 26.6 Å². The summed E-state index contributed by atoms with van der Waals surface area (Å²) in [5, 5.41) is 28.9. The Morgan fingerprint density at radius 1 is 0.979 bits per heavy atom. The molecular formula is C37H40Cl4N4O3. The number of aromatic nitrogens is 1. The summed E-state index contributed by atoms with van der Waals surface area (Å²) in [6.45, 7) is 7.76. The van der Waals surface area contributed by atoms with Gasteiger partial charge in [0.15, 0.2) is 0 Å². The second kappa shape index (κ2) is 16.9. The molecule has 0 aliphatic heterocycles. The average Bonchev–Trinajstić information content (AvgIpc) is 3.90. The predicted molar refractivity (Wildman–Crippen MR) is 199 cm³/mol. The van der Waals surface area contributed by atoms with E-state index in [1.807, 2.05) is 35.9 Å². The normalized spacial score (nSPS) is 13.8.